The van der Waals surface area contributed by atoms with Crippen LogP contribution in [0.25, 0.3) is 0 Å². The normalized spacial score (nSPS) is 23.0. The molecule has 26 heavy (non-hydrogen) atoms. The Bertz CT molecular complexity index is 621. The van der Waals surface area contributed by atoms with Gasteiger partial charge in [-0.3, -0.25) is 9.67 Å². The minimum atomic E-state index is 0.256. The zero-order chi connectivity index (χ0) is 18.6. The van der Waals surface area contributed by atoms with Gasteiger partial charge in [0, 0.05) is 56.3 Å². The maximum Gasteiger partial charge on any atom is 0.191 e. The molecule has 1 saturated heterocycles. The molecular formula is C19H33N5OS. The van der Waals surface area contributed by atoms with Crippen molar-refractivity contribution in [1.82, 2.24) is 20.4 Å². The Balaban J connectivity index is 1.55. The highest BCUT2D eigenvalue weighted by Crippen LogP contribution is 2.33. The molecule has 146 valence electrons. The highest BCUT2D eigenvalue weighted by molar-refractivity contribution is 8.00. The van der Waals surface area contributed by atoms with Gasteiger partial charge in [0.15, 0.2) is 5.96 Å². The van der Waals surface area contributed by atoms with Crippen molar-refractivity contribution in [1.29, 1.82) is 0 Å². The number of ether oxygens (including phenoxy) is 1. The molecule has 1 aliphatic heterocycles. The Morgan fingerprint density at radius 3 is 2.88 bits per heavy atom. The number of hydrogen-bond acceptors (Lipinski definition) is 4. The van der Waals surface area contributed by atoms with Crippen molar-refractivity contribution in [3.8, 4) is 0 Å². The van der Waals surface area contributed by atoms with Crippen LogP contribution in [0, 0.1) is 0 Å². The van der Waals surface area contributed by atoms with Crippen LogP contribution in [0.5, 0.6) is 0 Å². The predicted molar refractivity (Wildman–Crippen MR) is 109 cm³/mol. The largest absolute Gasteiger partial charge is 0.381 e. The summed E-state index contributed by atoms with van der Waals surface area (Å²) in [6.07, 6.45) is 9.79. The molecule has 0 spiro atoms. The molecule has 0 amide bonds. The van der Waals surface area contributed by atoms with Gasteiger partial charge in [-0.15, -0.1) is 0 Å². The third kappa shape index (κ3) is 4.55. The topological polar surface area (TPSA) is 63.5 Å². The summed E-state index contributed by atoms with van der Waals surface area (Å²) < 4.78 is 7.88. The van der Waals surface area contributed by atoms with Gasteiger partial charge in [-0.1, -0.05) is 0 Å². The van der Waals surface area contributed by atoms with Crippen molar-refractivity contribution in [3.63, 3.8) is 0 Å². The maximum atomic E-state index is 5.54. The molecule has 2 aliphatic rings. The van der Waals surface area contributed by atoms with Crippen molar-refractivity contribution in [2.75, 3.05) is 33.1 Å². The van der Waals surface area contributed by atoms with Gasteiger partial charge in [0.2, 0.25) is 0 Å². The van der Waals surface area contributed by atoms with Gasteiger partial charge in [-0.05, 0) is 51.3 Å². The molecule has 1 atom stereocenters. The van der Waals surface area contributed by atoms with Crippen molar-refractivity contribution in [2.45, 2.75) is 62.8 Å². The highest BCUT2D eigenvalue weighted by atomic mass is 32.2. The number of nitrogens with one attached hydrogen (secondary N) is 2. The van der Waals surface area contributed by atoms with Crippen molar-refractivity contribution in [2.24, 2.45) is 4.99 Å². The fourth-order valence-electron chi connectivity index (χ4n) is 3.73. The quantitative estimate of drug-likeness (QED) is 0.608. The van der Waals surface area contributed by atoms with E-state index < -0.39 is 0 Å². The minimum absolute atomic E-state index is 0.256. The zero-order valence-corrected chi connectivity index (χ0v) is 17.4. The third-order valence-electron chi connectivity index (χ3n) is 5.61. The van der Waals surface area contributed by atoms with Crippen molar-refractivity contribution < 1.29 is 4.74 Å². The van der Waals surface area contributed by atoms with E-state index in [9.17, 15) is 0 Å². The number of aryl methyl sites for hydroxylation is 1. The highest BCUT2D eigenvalue weighted by Gasteiger charge is 2.32. The van der Waals surface area contributed by atoms with Crippen LogP contribution in [0.15, 0.2) is 11.2 Å². The fourth-order valence-corrected chi connectivity index (χ4v) is 4.52. The summed E-state index contributed by atoms with van der Waals surface area (Å²) in [5.74, 6) is 0.904. The molecule has 1 aromatic rings. The number of guanidine groups is 1. The lowest BCUT2D eigenvalue weighted by atomic mass is 9.94. The average molecular weight is 380 g/mol. The summed E-state index contributed by atoms with van der Waals surface area (Å²) >= 11 is 1.95. The molecule has 7 heteroatoms. The van der Waals surface area contributed by atoms with E-state index in [0.29, 0.717) is 12.1 Å². The van der Waals surface area contributed by atoms with Crippen LogP contribution in [-0.4, -0.2) is 59.6 Å². The lowest BCUT2D eigenvalue weighted by Gasteiger charge is -2.36. The lowest BCUT2D eigenvalue weighted by molar-refractivity contribution is 0.0782. The van der Waals surface area contributed by atoms with Crippen LogP contribution in [-0.2, 0) is 17.6 Å². The van der Waals surface area contributed by atoms with Gasteiger partial charge < -0.3 is 15.4 Å². The number of rotatable bonds is 5. The van der Waals surface area contributed by atoms with Crippen LogP contribution in [0.2, 0.25) is 0 Å². The van der Waals surface area contributed by atoms with Gasteiger partial charge >= 0.3 is 0 Å². The predicted octanol–water partition coefficient (Wildman–Crippen LogP) is 2.40. The molecule has 0 aromatic carbocycles. The number of fused-ring (bicyclic) bond motifs is 1. The molecule has 0 radical (unpaired) electrons. The van der Waals surface area contributed by atoms with Gasteiger partial charge in [-0.25, -0.2) is 0 Å². The van der Waals surface area contributed by atoms with E-state index in [1.807, 2.05) is 18.8 Å². The van der Waals surface area contributed by atoms with E-state index in [4.69, 9.17) is 9.84 Å². The lowest BCUT2D eigenvalue weighted by Crippen LogP contribution is -2.51. The van der Waals surface area contributed by atoms with Gasteiger partial charge in [-0.2, -0.15) is 16.9 Å². The Labute approximate surface area is 161 Å². The fraction of sp³-hybridized carbons (Fsp3) is 0.789. The van der Waals surface area contributed by atoms with E-state index in [1.54, 1.807) is 0 Å². The van der Waals surface area contributed by atoms with Crippen LogP contribution >= 0.6 is 11.8 Å². The van der Waals surface area contributed by atoms with Crippen LogP contribution in [0.1, 0.15) is 50.4 Å². The molecule has 1 aliphatic carbocycles. The third-order valence-corrected chi connectivity index (χ3v) is 7.02. The Morgan fingerprint density at radius 2 is 2.23 bits per heavy atom. The first-order valence-corrected chi connectivity index (χ1v) is 10.9. The molecule has 0 bridgehead atoms. The monoisotopic (exact) mass is 379 g/mol. The van der Waals surface area contributed by atoms with Gasteiger partial charge in [0.1, 0.15) is 0 Å². The SMILES string of the molecule is CN=C(NCC1(SC)CCOCC1)NC1CCc2cn(C(C)C)nc2C1. The number of aliphatic imine (C=N–C) groups is 1. The molecule has 0 saturated carbocycles. The number of hydrogen-bond donors (Lipinski definition) is 2. The van der Waals surface area contributed by atoms with Gasteiger partial charge in [0.05, 0.1) is 5.69 Å². The van der Waals surface area contributed by atoms with E-state index in [-0.39, 0.29) is 4.75 Å². The molecule has 2 heterocycles. The van der Waals surface area contributed by atoms with E-state index in [1.165, 1.54) is 11.3 Å². The number of nitrogens with zero attached hydrogens (tertiary/aromatic N) is 3. The molecular weight excluding hydrogens is 346 g/mol. The molecule has 6 nitrogen and oxygen atoms in total. The average Bonchev–Trinajstić information content (AvgIpc) is 3.09. The van der Waals surface area contributed by atoms with Crippen molar-refractivity contribution >= 4 is 17.7 Å². The Morgan fingerprint density at radius 1 is 1.46 bits per heavy atom. The summed E-state index contributed by atoms with van der Waals surface area (Å²) in [6.45, 7) is 7.00. The second-order valence-corrected chi connectivity index (χ2v) is 8.96. The first-order chi connectivity index (χ1) is 12.5. The van der Waals surface area contributed by atoms with Crippen molar-refractivity contribution in [3.05, 3.63) is 17.5 Å². The first-order valence-electron chi connectivity index (χ1n) is 9.72. The maximum absolute atomic E-state index is 5.54. The smallest absolute Gasteiger partial charge is 0.191 e. The Hall–Kier alpha value is -1.21. The number of thioether (sulfide) groups is 1. The van der Waals surface area contributed by atoms with Crippen LogP contribution in [0.4, 0.5) is 0 Å². The standard InChI is InChI=1S/C19H33N5OS/c1-14(2)24-12-15-5-6-16(11-17(15)23-24)22-18(20-3)21-13-19(26-4)7-9-25-10-8-19/h12,14,16H,5-11,13H2,1-4H3,(H2,20,21,22). The summed E-state index contributed by atoms with van der Waals surface area (Å²) in [6, 6.07) is 0.813. The second-order valence-electron chi connectivity index (χ2n) is 7.68. The summed E-state index contributed by atoms with van der Waals surface area (Å²) in [5, 5.41) is 12.0. The summed E-state index contributed by atoms with van der Waals surface area (Å²) in [5.41, 5.74) is 2.64. The molecule has 1 fully saturated rings. The van der Waals surface area contributed by atoms with Crippen LogP contribution in [0.3, 0.4) is 0 Å². The molecule has 1 unspecified atom stereocenters. The van der Waals surface area contributed by atoms with E-state index >= 15 is 0 Å². The minimum Gasteiger partial charge on any atom is -0.381 e. The first kappa shape index (κ1) is 19.5. The zero-order valence-electron chi connectivity index (χ0n) is 16.5. The second kappa shape index (κ2) is 8.65. The van der Waals surface area contributed by atoms with E-state index in [0.717, 1.165) is 57.8 Å². The summed E-state index contributed by atoms with van der Waals surface area (Å²) in [7, 11) is 1.85. The summed E-state index contributed by atoms with van der Waals surface area (Å²) in [4.78, 5) is 4.45. The molecule has 1 aromatic heterocycles. The molecule has 2 N–H and O–H groups in total. The Kier molecular flexibility index (Phi) is 6.51. The van der Waals surface area contributed by atoms with E-state index in [2.05, 4.69) is 46.6 Å². The molecule has 3 rings (SSSR count). The van der Waals surface area contributed by atoms with Gasteiger partial charge in [0.25, 0.3) is 0 Å². The number of aromatic nitrogens is 2. The van der Waals surface area contributed by atoms with Crippen LogP contribution < -0.4 is 10.6 Å².